The summed E-state index contributed by atoms with van der Waals surface area (Å²) in [5.74, 6) is 0. The summed E-state index contributed by atoms with van der Waals surface area (Å²) in [6.07, 6.45) is 0.911. The Morgan fingerprint density at radius 3 is 2.23 bits per heavy atom. The normalized spacial score (nSPS) is 35.8. The van der Waals surface area contributed by atoms with Gasteiger partial charge in [-0.15, -0.1) is 0 Å². The highest BCUT2D eigenvalue weighted by atomic mass is 16.4. The molecule has 1 heterocycles. The van der Waals surface area contributed by atoms with E-state index in [0.29, 0.717) is 12.1 Å². The lowest BCUT2D eigenvalue weighted by atomic mass is 9.93. The molecule has 1 aliphatic heterocycles. The van der Waals surface area contributed by atoms with Crippen LogP contribution in [0.15, 0.2) is 0 Å². The molecule has 0 spiro atoms. The molecule has 2 N–H and O–H groups in total. The molecule has 1 fully saturated rings. The fourth-order valence-corrected chi connectivity index (χ4v) is 1.98. The van der Waals surface area contributed by atoms with Crippen molar-refractivity contribution in [2.75, 3.05) is 7.05 Å². The molecule has 2 unspecified atom stereocenters. The summed E-state index contributed by atoms with van der Waals surface area (Å²) in [6.45, 7) is 4.26. The smallest absolute Gasteiger partial charge is 0.404 e. The first-order valence-corrected chi connectivity index (χ1v) is 4.72. The largest absolute Gasteiger partial charge is 0.465 e. The second-order valence-electron chi connectivity index (χ2n) is 3.98. The van der Waals surface area contributed by atoms with E-state index >= 15 is 0 Å². The maximum atomic E-state index is 10.4. The summed E-state index contributed by atoms with van der Waals surface area (Å²) in [5.41, 5.74) is 0. The van der Waals surface area contributed by atoms with Crippen LogP contribution in [0, 0.1) is 0 Å². The average molecular weight is 186 g/mol. The number of nitrogens with one attached hydrogen (secondary N) is 1. The topological polar surface area (TPSA) is 52.6 Å². The number of piperidine rings is 1. The zero-order chi connectivity index (χ0) is 10.0. The maximum Gasteiger partial charge on any atom is 0.404 e. The van der Waals surface area contributed by atoms with Gasteiger partial charge in [0.05, 0.1) is 0 Å². The van der Waals surface area contributed by atoms with Crippen LogP contribution in [-0.2, 0) is 0 Å². The fraction of sp³-hybridized carbons (Fsp3) is 0.889. The number of nitrogens with zero attached hydrogens (tertiary/aromatic N) is 1. The Balaban J connectivity index is 2.48. The van der Waals surface area contributed by atoms with Gasteiger partial charge in [0.15, 0.2) is 0 Å². The first kappa shape index (κ1) is 10.3. The van der Waals surface area contributed by atoms with Crippen molar-refractivity contribution in [3.8, 4) is 0 Å². The van der Waals surface area contributed by atoms with Crippen molar-refractivity contribution in [2.45, 2.75) is 44.8 Å². The van der Waals surface area contributed by atoms with Gasteiger partial charge in [0.1, 0.15) is 0 Å². The lowest BCUT2D eigenvalue weighted by Crippen LogP contribution is -2.51. The van der Waals surface area contributed by atoms with E-state index in [1.54, 1.807) is 0 Å². The molecule has 1 rings (SSSR count). The van der Waals surface area contributed by atoms with Gasteiger partial charge >= 0.3 is 6.09 Å². The van der Waals surface area contributed by atoms with Gasteiger partial charge in [-0.2, -0.15) is 0 Å². The fourth-order valence-electron chi connectivity index (χ4n) is 1.98. The Kier molecular flexibility index (Phi) is 3.14. The Labute approximate surface area is 78.9 Å². The van der Waals surface area contributed by atoms with Crippen molar-refractivity contribution in [3.05, 3.63) is 0 Å². The van der Waals surface area contributed by atoms with Crippen LogP contribution in [0.1, 0.15) is 26.7 Å². The van der Waals surface area contributed by atoms with Crippen LogP contribution in [0.4, 0.5) is 4.79 Å². The summed E-state index contributed by atoms with van der Waals surface area (Å²) >= 11 is 0. The average Bonchev–Trinajstić information content (AvgIpc) is 1.98. The molecule has 0 bridgehead atoms. The maximum absolute atomic E-state index is 10.4. The summed E-state index contributed by atoms with van der Waals surface area (Å²) in [5, 5.41) is 11.1. The van der Waals surface area contributed by atoms with Crippen LogP contribution < -0.4 is 5.32 Å². The van der Waals surface area contributed by atoms with E-state index in [1.165, 1.54) is 0 Å². The van der Waals surface area contributed by atoms with Gasteiger partial charge in [-0.05, 0) is 33.7 Å². The molecular formula is C9H18N2O2. The first-order chi connectivity index (χ1) is 6.00. The van der Waals surface area contributed by atoms with Crippen molar-refractivity contribution < 1.29 is 9.90 Å². The van der Waals surface area contributed by atoms with E-state index in [-0.39, 0.29) is 6.04 Å². The molecule has 0 radical (unpaired) electrons. The summed E-state index contributed by atoms with van der Waals surface area (Å²) < 4.78 is 0. The molecule has 0 aromatic heterocycles. The standard InChI is InChI=1S/C9H18N2O2/c1-6-4-8(10-9(12)13)5-7(2)11(6)3/h6-8,10H,4-5H2,1-3H3,(H,12,13). The first-order valence-electron chi connectivity index (χ1n) is 4.72. The Morgan fingerprint density at radius 1 is 1.38 bits per heavy atom. The lowest BCUT2D eigenvalue weighted by molar-refractivity contribution is 0.109. The van der Waals surface area contributed by atoms with Crippen molar-refractivity contribution in [2.24, 2.45) is 0 Å². The minimum atomic E-state index is -0.908. The van der Waals surface area contributed by atoms with Gasteiger partial charge in [-0.25, -0.2) is 4.79 Å². The van der Waals surface area contributed by atoms with Crippen LogP contribution in [0.25, 0.3) is 0 Å². The number of hydrogen-bond acceptors (Lipinski definition) is 2. The van der Waals surface area contributed by atoms with Gasteiger partial charge in [0.25, 0.3) is 0 Å². The quantitative estimate of drug-likeness (QED) is 0.645. The van der Waals surface area contributed by atoms with Gasteiger partial charge < -0.3 is 15.3 Å². The molecule has 4 nitrogen and oxygen atoms in total. The second-order valence-corrected chi connectivity index (χ2v) is 3.98. The van der Waals surface area contributed by atoms with Gasteiger partial charge in [0, 0.05) is 18.1 Å². The van der Waals surface area contributed by atoms with E-state index in [4.69, 9.17) is 5.11 Å². The molecule has 0 saturated carbocycles. The second kappa shape index (κ2) is 3.96. The predicted molar refractivity (Wildman–Crippen MR) is 50.9 cm³/mol. The molecular weight excluding hydrogens is 168 g/mol. The van der Waals surface area contributed by atoms with Gasteiger partial charge in [-0.3, -0.25) is 0 Å². The van der Waals surface area contributed by atoms with Gasteiger partial charge in [0.2, 0.25) is 0 Å². The van der Waals surface area contributed by atoms with Crippen LogP contribution in [0.2, 0.25) is 0 Å². The molecule has 1 saturated heterocycles. The number of likely N-dealkylation sites (tertiary alicyclic amines) is 1. The SMILES string of the molecule is CC1CC(NC(=O)O)CC(C)N1C. The monoisotopic (exact) mass is 186 g/mol. The van der Waals surface area contributed by atoms with Crippen LogP contribution in [0.3, 0.4) is 0 Å². The highest BCUT2D eigenvalue weighted by molar-refractivity contribution is 5.64. The summed E-state index contributed by atoms with van der Waals surface area (Å²) in [4.78, 5) is 12.7. The van der Waals surface area contributed by atoms with Crippen molar-refractivity contribution in [3.63, 3.8) is 0 Å². The Morgan fingerprint density at radius 2 is 1.85 bits per heavy atom. The van der Waals surface area contributed by atoms with Crippen LogP contribution in [0.5, 0.6) is 0 Å². The number of hydrogen-bond donors (Lipinski definition) is 2. The van der Waals surface area contributed by atoms with E-state index < -0.39 is 6.09 Å². The number of amides is 1. The van der Waals surface area contributed by atoms with E-state index in [0.717, 1.165) is 12.8 Å². The van der Waals surface area contributed by atoms with Crippen LogP contribution >= 0.6 is 0 Å². The molecule has 0 aliphatic carbocycles. The highest BCUT2D eigenvalue weighted by Crippen LogP contribution is 2.20. The van der Waals surface area contributed by atoms with E-state index in [9.17, 15) is 4.79 Å². The summed E-state index contributed by atoms with van der Waals surface area (Å²) in [7, 11) is 2.09. The van der Waals surface area contributed by atoms with Crippen LogP contribution in [-0.4, -0.2) is 41.3 Å². The van der Waals surface area contributed by atoms with E-state index in [1.807, 2.05) is 0 Å². The molecule has 76 valence electrons. The Bertz CT molecular complexity index is 184. The zero-order valence-corrected chi connectivity index (χ0v) is 8.45. The van der Waals surface area contributed by atoms with Crippen molar-refractivity contribution >= 4 is 6.09 Å². The molecule has 1 aliphatic rings. The third-order valence-corrected chi connectivity index (χ3v) is 2.97. The van der Waals surface area contributed by atoms with Crippen molar-refractivity contribution in [1.82, 2.24) is 10.2 Å². The molecule has 0 aromatic carbocycles. The van der Waals surface area contributed by atoms with E-state index in [2.05, 4.69) is 31.1 Å². The van der Waals surface area contributed by atoms with Crippen molar-refractivity contribution in [1.29, 1.82) is 0 Å². The third kappa shape index (κ3) is 2.59. The highest BCUT2D eigenvalue weighted by Gasteiger charge is 2.28. The molecule has 13 heavy (non-hydrogen) atoms. The minimum Gasteiger partial charge on any atom is -0.465 e. The predicted octanol–water partition coefficient (Wildman–Crippen LogP) is 1.13. The summed E-state index contributed by atoms with van der Waals surface area (Å²) in [6, 6.07) is 1.04. The minimum absolute atomic E-state index is 0.124. The van der Waals surface area contributed by atoms with Gasteiger partial charge in [-0.1, -0.05) is 0 Å². The zero-order valence-electron chi connectivity index (χ0n) is 8.45. The molecule has 2 atom stereocenters. The number of carboxylic acid groups (broad SMARTS) is 1. The lowest BCUT2D eigenvalue weighted by Gasteiger charge is -2.40. The molecule has 1 amide bonds. The number of rotatable bonds is 1. The Hall–Kier alpha value is -0.770. The molecule has 0 aromatic rings. The number of carbonyl (C=O) groups is 1. The molecule has 4 heteroatoms. The third-order valence-electron chi connectivity index (χ3n) is 2.97.